The van der Waals surface area contributed by atoms with E-state index in [-0.39, 0.29) is 18.3 Å². The number of fused-ring (bicyclic) bond motifs is 1. The first kappa shape index (κ1) is 15.2. The van der Waals surface area contributed by atoms with E-state index in [1.54, 1.807) is 30.0 Å². The van der Waals surface area contributed by atoms with Crippen LogP contribution >= 0.6 is 0 Å². The summed E-state index contributed by atoms with van der Waals surface area (Å²) in [5, 5.41) is 11.8. The third-order valence-electron chi connectivity index (χ3n) is 3.04. The van der Waals surface area contributed by atoms with Crippen LogP contribution in [0.25, 0.3) is 10.8 Å². The van der Waals surface area contributed by atoms with Crippen molar-refractivity contribution in [1.82, 2.24) is 4.57 Å². The highest BCUT2D eigenvalue weighted by Gasteiger charge is 2.17. The maximum absolute atomic E-state index is 11.7. The predicted octanol–water partition coefficient (Wildman–Crippen LogP) is 3.09. The molecule has 0 radical (unpaired) electrons. The lowest BCUT2D eigenvalue weighted by Gasteiger charge is -2.19. The van der Waals surface area contributed by atoms with Crippen molar-refractivity contribution >= 4 is 16.7 Å². The van der Waals surface area contributed by atoms with Gasteiger partial charge < -0.3 is 19.1 Å². The molecule has 5 nitrogen and oxygen atoms in total. The topological polar surface area (TPSA) is 60.7 Å². The lowest BCUT2D eigenvalue weighted by molar-refractivity contribution is -0.155. The van der Waals surface area contributed by atoms with Crippen molar-refractivity contribution in [2.24, 2.45) is 0 Å². The number of methoxy groups -OCH3 is 1. The molecule has 114 valence electrons. The Morgan fingerprint density at radius 3 is 2.67 bits per heavy atom. The summed E-state index contributed by atoms with van der Waals surface area (Å²) in [6.07, 6.45) is 2.01. The van der Waals surface area contributed by atoms with E-state index < -0.39 is 5.60 Å². The Balaban J connectivity index is 2.12. The Kier molecular flexibility index (Phi) is 4.11. The number of ether oxygens (including phenoxy) is 2. The average Bonchev–Trinajstić information content (AvgIpc) is 2.70. The molecular formula is C16H21NO4. The van der Waals surface area contributed by atoms with Gasteiger partial charge in [0.2, 0.25) is 0 Å². The van der Waals surface area contributed by atoms with Gasteiger partial charge in [-0.3, -0.25) is 4.79 Å². The Morgan fingerprint density at radius 2 is 2.05 bits per heavy atom. The maximum Gasteiger partial charge on any atom is 0.308 e. The van der Waals surface area contributed by atoms with E-state index in [1.165, 1.54) is 0 Å². The first-order valence-corrected chi connectivity index (χ1v) is 6.88. The molecule has 0 saturated carbocycles. The van der Waals surface area contributed by atoms with Crippen LogP contribution in [0.3, 0.4) is 0 Å². The van der Waals surface area contributed by atoms with E-state index >= 15 is 0 Å². The quantitative estimate of drug-likeness (QED) is 0.879. The number of hydrogen-bond donors (Lipinski definition) is 1. The highest BCUT2D eigenvalue weighted by molar-refractivity contribution is 5.89. The van der Waals surface area contributed by atoms with Crippen LogP contribution in [0.5, 0.6) is 11.6 Å². The van der Waals surface area contributed by atoms with E-state index in [1.807, 2.05) is 26.8 Å². The molecule has 0 aliphatic rings. The molecule has 1 aromatic heterocycles. The first-order chi connectivity index (χ1) is 9.80. The van der Waals surface area contributed by atoms with Gasteiger partial charge in [-0.25, -0.2) is 0 Å². The van der Waals surface area contributed by atoms with Gasteiger partial charge in [0, 0.05) is 23.5 Å². The van der Waals surface area contributed by atoms with Crippen molar-refractivity contribution < 1.29 is 19.4 Å². The van der Waals surface area contributed by atoms with Crippen molar-refractivity contribution in [3.8, 4) is 11.6 Å². The number of esters is 1. The van der Waals surface area contributed by atoms with Gasteiger partial charge >= 0.3 is 5.97 Å². The van der Waals surface area contributed by atoms with E-state index in [0.29, 0.717) is 6.54 Å². The zero-order valence-electron chi connectivity index (χ0n) is 12.8. The summed E-state index contributed by atoms with van der Waals surface area (Å²) in [6.45, 7) is 5.87. The number of nitrogens with zero attached hydrogens (tertiary/aromatic N) is 1. The number of aromatic hydroxyl groups is 1. The number of benzene rings is 1. The molecule has 0 saturated heterocycles. The second-order valence-electron chi connectivity index (χ2n) is 5.94. The van der Waals surface area contributed by atoms with Crippen LogP contribution in [0.1, 0.15) is 27.2 Å². The average molecular weight is 291 g/mol. The predicted molar refractivity (Wildman–Crippen MR) is 80.6 cm³/mol. The summed E-state index contributed by atoms with van der Waals surface area (Å²) in [5.74, 6) is 0.597. The summed E-state index contributed by atoms with van der Waals surface area (Å²) >= 11 is 0. The van der Waals surface area contributed by atoms with Crippen LogP contribution in [-0.2, 0) is 16.1 Å². The summed E-state index contributed by atoms with van der Waals surface area (Å²) in [4.78, 5) is 11.7. The Morgan fingerprint density at radius 1 is 1.33 bits per heavy atom. The van der Waals surface area contributed by atoms with Crippen LogP contribution in [-0.4, -0.2) is 28.4 Å². The molecule has 0 fully saturated rings. The second kappa shape index (κ2) is 5.68. The molecule has 1 heterocycles. The van der Waals surface area contributed by atoms with E-state index in [4.69, 9.17) is 9.47 Å². The van der Waals surface area contributed by atoms with Gasteiger partial charge in [-0.1, -0.05) is 0 Å². The highest BCUT2D eigenvalue weighted by atomic mass is 16.6. The number of rotatable bonds is 4. The number of aromatic nitrogens is 1. The molecule has 0 aliphatic carbocycles. The Bertz CT molecular complexity index is 652. The molecule has 0 amide bonds. The van der Waals surface area contributed by atoms with E-state index in [2.05, 4.69) is 0 Å². The number of aryl methyl sites for hydroxylation is 1. The molecule has 2 rings (SSSR count). The van der Waals surface area contributed by atoms with Crippen LogP contribution in [0.4, 0.5) is 0 Å². The molecule has 0 spiro atoms. The van der Waals surface area contributed by atoms with Crippen molar-refractivity contribution in [3.05, 3.63) is 24.4 Å². The smallest absolute Gasteiger partial charge is 0.308 e. The summed E-state index contributed by atoms with van der Waals surface area (Å²) in [5.41, 5.74) is -0.492. The minimum atomic E-state index is -0.492. The lowest BCUT2D eigenvalue weighted by atomic mass is 10.2. The molecule has 0 aliphatic heterocycles. The summed E-state index contributed by atoms with van der Waals surface area (Å²) < 4.78 is 12.1. The fraction of sp³-hybridized carbons (Fsp3) is 0.438. The lowest BCUT2D eigenvalue weighted by Crippen LogP contribution is -2.24. The molecule has 2 aromatic rings. The fourth-order valence-corrected chi connectivity index (χ4v) is 2.14. The van der Waals surface area contributed by atoms with Crippen LogP contribution < -0.4 is 4.74 Å². The molecule has 5 heteroatoms. The monoisotopic (exact) mass is 291 g/mol. The number of hydrogen-bond acceptors (Lipinski definition) is 4. The molecule has 1 N–H and O–H groups in total. The Hall–Kier alpha value is -2.17. The zero-order valence-corrected chi connectivity index (χ0v) is 12.8. The Labute approximate surface area is 124 Å². The van der Waals surface area contributed by atoms with E-state index in [0.717, 1.165) is 16.5 Å². The third-order valence-corrected chi connectivity index (χ3v) is 3.04. The van der Waals surface area contributed by atoms with Gasteiger partial charge in [0.25, 0.3) is 0 Å². The van der Waals surface area contributed by atoms with Gasteiger partial charge in [-0.15, -0.1) is 0 Å². The standard InChI is InChI=1S/C16H21NO4/c1-16(2,3)21-14(18)7-8-17-10-11-9-12(20-4)5-6-13(11)15(17)19/h5-6,9-10,19H,7-8H2,1-4H3. The van der Waals surface area contributed by atoms with Crippen LogP contribution in [0, 0.1) is 0 Å². The minimum absolute atomic E-state index is 0.149. The van der Waals surface area contributed by atoms with E-state index in [9.17, 15) is 9.90 Å². The van der Waals surface area contributed by atoms with Gasteiger partial charge in [-0.2, -0.15) is 0 Å². The number of carbonyl (C=O) groups is 1. The molecular weight excluding hydrogens is 270 g/mol. The van der Waals surface area contributed by atoms with Crippen molar-refractivity contribution in [2.75, 3.05) is 7.11 Å². The van der Waals surface area contributed by atoms with Crippen LogP contribution in [0.2, 0.25) is 0 Å². The van der Waals surface area contributed by atoms with Crippen molar-refractivity contribution in [1.29, 1.82) is 0 Å². The van der Waals surface area contributed by atoms with Gasteiger partial charge in [0.15, 0.2) is 5.88 Å². The summed E-state index contributed by atoms with van der Waals surface area (Å²) in [6, 6.07) is 5.44. The first-order valence-electron chi connectivity index (χ1n) is 6.88. The van der Waals surface area contributed by atoms with Gasteiger partial charge in [-0.05, 0) is 39.0 Å². The van der Waals surface area contributed by atoms with Crippen LogP contribution in [0.15, 0.2) is 24.4 Å². The normalized spacial score (nSPS) is 11.6. The minimum Gasteiger partial charge on any atom is -0.497 e. The van der Waals surface area contributed by atoms with Crippen molar-refractivity contribution in [2.45, 2.75) is 39.3 Å². The largest absolute Gasteiger partial charge is 0.497 e. The van der Waals surface area contributed by atoms with Gasteiger partial charge in [0.05, 0.1) is 13.5 Å². The fourth-order valence-electron chi connectivity index (χ4n) is 2.14. The molecule has 21 heavy (non-hydrogen) atoms. The number of carbonyl (C=O) groups excluding carboxylic acids is 1. The SMILES string of the molecule is COc1ccc2c(O)n(CCC(=O)OC(C)(C)C)cc2c1. The third kappa shape index (κ3) is 3.68. The molecule has 1 aromatic carbocycles. The van der Waals surface area contributed by atoms with Crippen molar-refractivity contribution in [3.63, 3.8) is 0 Å². The second-order valence-corrected chi connectivity index (χ2v) is 5.94. The highest BCUT2D eigenvalue weighted by Crippen LogP contribution is 2.30. The molecule has 0 unspecified atom stereocenters. The maximum atomic E-state index is 11.7. The zero-order chi connectivity index (χ0) is 15.6. The summed E-state index contributed by atoms with van der Waals surface area (Å²) in [7, 11) is 1.60. The molecule has 0 bridgehead atoms. The molecule has 0 atom stereocenters. The van der Waals surface area contributed by atoms with Gasteiger partial charge in [0.1, 0.15) is 11.4 Å².